The number of H-pyrrole nitrogens is 1. The third kappa shape index (κ3) is 5.35. The standard InChI is InChI=1S/C22H24ClN3O3/c1-3-4-11-26(21(27)14-29-19-10-9-16(23)12-15(19)2)13-20-24-18-8-6-5-7-17(18)22(28)25-20/h5-10,12H,3-4,11,13-14H2,1-2H3,(H,24,25,28). The SMILES string of the molecule is CCCCN(Cc1nc2ccccc2c(=O)[nH]1)C(=O)COc1ccc(Cl)cc1C. The summed E-state index contributed by atoms with van der Waals surface area (Å²) in [7, 11) is 0. The van der Waals surface area contributed by atoms with Crippen LogP contribution in [0.2, 0.25) is 5.02 Å². The molecule has 0 radical (unpaired) electrons. The number of benzene rings is 2. The van der Waals surface area contributed by atoms with Gasteiger partial charge in [0.25, 0.3) is 11.5 Å². The highest BCUT2D eigenvalue weighted by Crippen LogP contribution is 2.21. The highest BCUT2D eigenvalue weighted by molar-refractivity contribution is 6.30. The molecule has 0 atom stereocenters. The quantitative estimate of drug-likeness (QED) is 0.603. The Morgan fingerprint density at radius 1 is 1.24 bits per heavy atom. The van der Waals surface area contributed by atoms with Gasteiger partial charge < -0.3 is 14.6 Å². The van der Waals surface area contributed by atoms with Gasteiger partial charge in [-0.1, -0.05) is 37.1 Å². The Hall–Kier alpha value is -2.86. The molecule has 0 aliphatic heterocycles. The summed E-state index contributed by atoms with van der Waals surface area (Å²) in [6.07, 6.45) is 1.80. The van der Waals surface area contributed by atoms with Gasteiger partial charge in [0.2, 0.25) is 0 Å². The molecule has 0 aliphatic carbocycles. The van der Waals surface area contributed by atoms with E-state index in [1.807, 2.05) is 13.0 Å². The van der Waals surface area contributed by atoms with Crippen LogP contribution in [0.1, 0.15) is 31.2 Å². The van der Waals surface area contributed by atoms with E-state index in [-0.39, 0.29) is 24.6 Å². The second-order valence-electron chi connectivity index (χ2n) is 6.90. The minimum absolute atomic E-state index is 0.0933. The van der Waals surface area contributed by atoms with Crippen molar-refractivity contribution in [3.63, 3.8) is 0 Å². The summed E-state index contributed by atoms with van der Waals surface area (Å²) in [4.78, 5) is 34.1. The average Bonchev–Trinajstić information content (AvgIpc) is 2.70. The van der Waals surface area contributed by atoms with Crippen LogP contribution in [-0.4, -0.2) is 33.9 Å². The number of nitrogens with zero attached hydrogens (tertiary/aromatic N) is 2. The summed E-state index contributed by atoms with van der Waals surface area (Å²) in [5.74, 6) is 0.917. The number of hydrogen-bond acceptors (Lipinski definition) is 4. The number of halogens is 1. The van der Waals surface area contributed by atoms with Gasteiger partial charge >= 0.3 is 0 Å². The van der Waals surface area contributed by atoms with E-state index in [0.717, 1.165) is 18.4 Å². The fraction of sp³-hybridized carbons (Fsp3) is 0.318. The van der Waals surface area contributed by atoms with Crippen molar-refractivity contribution >= 4 is 28.4 Å². The van der Waals surface area contributed by atoms with E-state index < -0.39 is 0 Å². The lowest BCUT2D eigenvalue weighted by Gasteiger charge is -2.22. The normalized spacial score (nSPS) is 10.9. The van der Waals surface area contributed by atoms with Gasteiger partial charge in [-0.3, -0.25) is 9.59 Å². The van der Waals surface area contributed by atoms with Gasteiger partial charge in [-0.25, -0.2) is 4.98 Å². The zero-order valence-electron chi connectivity index (χ0n) is 16.6. The molecule has 3 rings (SSSR count). The molecule has 0 spiro atoms. The van der Waals surface area contributed by atoms with Crippen molar-refractivity contribution in [1.29, 1.82) is 0 Å². The van der Waals surface area contributed by atoms with E-state index in [1.54, 1.807) is 41.3 Å². The number of aromatic amines is 1. The number of carbonyl (C=O) groups is 1. The van der Waals surface area contributed by atoms with Crippen LogP contribution in [0, 0.1) is 6.92 Å². The Balaban J connectivity index is 1.75. The van der Waals surface area contributed by atoms with Gasteiger partial charge in [-0.15, -0.1) is 0 Å². The third-order valence-electron chi connectivity index (χ3n) is 4.62. The number of aryl methyl sites for hydroxylation is 1. The van der Waals surface area contributed by atoms with Crippen LogP contribution in [0.4, 0.5) is 0 Å². The van der Waals surface area contributed by atoms with Crippen LogP contribution >= 0.6 is 11.6 Å². The zero-order valence-corrected chi connectivity index (χ0v) is 17.3. The van der Waals surface area contributed by atoms with Crippen molar-refractivity contribution in [3.8, 4) is 5.75 Å². The van der Waals surface area contributed by atoms with Crippen molar-refractivity contribution in [1.82, 2.24) is 14.9 Å². The van der Waals surface area contributed by atoms with Crippen molar-refractivity contribution in [2.75, 3.05) is 13.2 Å². The minimum Gasteiger partial charge on any atom is -0.483 e. The number of rotatable bonds is 8. The van der Waals surface area contributed by atoms with Gasteiger partial charge in [0, 0.05) is 11.6 Å². The first-order chi connectivity index (χ1) is 14.0. The third-order valence-corrected chi connectivity index (χ3v) is 4.86. The predicted octanol–water partition coefficient (Wildman–Crippen LogP) is 4.09. The Bertz CT molecular complexity index is 1060. The molecular weight excluding hydrogens is 390 g/mol. The summed E-state index contributed by atoms with van der Waals surface area (Å²) in [6, 6.07) is 12.4. The molecule has 0 unspecified atom stereocenters. The van der Waals surface area contributed by atoms with Gasteiger partial charge in [0.05, 0.1) is 17.4 Å². The fourth-order valence-electron chi connectivity index (χ4n) is 3.04. The summed E-state index contributed by atoms with van der Waals surface area (Å²) in [5, 5.41) is 1.15. The van der Waals surface area contributed by atoms with Crippen LogP contribution < -0.4 is 10.3 Å². The second-order valence-corrected chi connectivity index (χ2v) is 7.33. The van der Waals surface area contributed by atoms with Crippen molar-refractivity contribution in [3.05, 3.63) is 69.2 Å². The molecule has 7 heteroatoms. The molecule has 0 bridgehead atoms. The van der Waals surface area contributed by atoms with Crippen molar-refractivity contribution < 1.29 is 9.53 Å². The molecule has 1 amide bonds. The van der Waals surface area contributed by atoms with Gasteiger partial charge in [-0.05, 0) is 49.2 Å². The number of amides is 1. The highest BCUT2D eigenvalue weighted by Gasteiger charge is 2.17. The summed E-state index contributed by atoms with van der Waals surface area (Å²) >= 11 is 5.97. The van der Waals surface area contributed by atoms with Crippen LogP contribution in [0.3, 0.4) is 0 Å². The Morgan fingerprint density at radius 3 is 2.79 bits per heavy atom. The Morgan fingerprint density at radius 2 is 2.03 bits per heavy atom. The maximum absolute atomic E-state index is 12.8. The topological polar surface area (TPSA) is 75.3 Å². The highest BCUT2D eigenvalue weighted by atomic mass is 35.5. The zero-order chi connectivity index (χ0) is 20.8. The number of carbonyl (C=O) groups excluding carboxylic acids is 1. The monoisotopic (exact) mass is 413 g/mol. The van der Waals surface area contributed by atoms with Crippen molar-refractivity contribution in [2.24, 2.45) is 0 Å². The predicted molar refractivity (Wildman–Crippen MR) is 114 cm³/mol. The smallest absolute Gasteiger partial charge is 0.260 e. The van der Waals surface area contributed by atoms with E-state index in [4.69, 9.17) is 16.3 Å². The molecule has 0 fully saturated rings. The Labute approximate surface area is 174 Å². The Kier molecular flexibility index (Phi) is 6.88. The molecule has 0 aliphatic rings. The minimum atomic E-state index is -0.207. The molecule has 29 heavy (non-hydrogen) atoms. The first-order valence-corrected chi connectivity index (χ1v) is 10.0. The molecular formula is C22H24ClN3O3. The first kappa shape index (κ1) is 20.9. The van der Waals surface area contributed by atoms with E-state index in [9.17, 15) is 9.59 Å². The molecule has 152 valence electrons. The maximum Gasteiger partial charge on any atom is 0.260 e. The molecule has 0 saturated carbocycles. The average molecular weight is 414 g/mol. The molecule has 3 aromatic rings. The maximum atomic E-state index is 12.8. The van der Waals surface area contributed by atoms with Gasteiger partial charge in [-0.2, -0.15) is 0 Å². The number of nitrogens with one attached hydrogen (secondary N) is 1. The van der Waals surface area contributed by atoms with E-state index in [1.165, 1.54) is 0 Å². The molecule has 1 heterocycles. The molecule has 6 nitrogen and oxygen atoms in total. The van der Waals surface area contributed by atoms with E-state index >= 15 is 0 Å². The number of hydrogen-bond donors (Lipinski definition) is 1. The number of aromatic nitrogens is 2. The summed E-state index contributed by atoms with van der Waals surface area (Å²) in [6.45, 7) is 4.64. The molecule has 2 aromatic carbocycles. The van der Waals surface area contributed by atoms with Crippen LogP contribution in [-0.2, 0) is 11.3 Å². The fourth-order valence-corrected chi connectivity index (χ4v) is 3.26. The van der Waals surface area contributed by atoms with Crippen LogP contribution in [0.25, 0.3) is 10.9 Å². The second kappa shape index (κ2) is 9.56. The van der Waals surface area contributed by atoms with Crippen LogP contribution in [0.15, 0.2) is 47.3 Å². The number of fused-ring (bicyclic) bond motifs is 1. The summed E-state index contributed by atoms with van der Waals surface area (Å²) < 4.78 is 5.70. The number of unbranched alkanes of at least 4 members (excludes halogenated alkanes) is 1. The van der Waals surface area contributed by atoms with Crippen LogP contribution in [0.5, 0.6) is 5.75 Å². The molecule has 0 saturated heterocycles. The lowest BCUT2D eigenvalue weighted by molar-refractivity contribution is -0.134. The first-order valence-electron chi connectivity index (χ1n) is 9.62. The number of ether oxygens (including phenoxy) is 1. The largest absolute Gasteiger partial charge is 0.483 e. The van der Waals surface area contributed by atoms with Crippen molar-refractivity contribution in [2.45, 2.75) is 33.2 Å². The van der Waals surface area contributed by atoms with E-state index in [2.05, 4.69) is 16.9 Å². The lowest BCUT2D eigenvalue weighted by atomic mass is 10.2. The summed E-state index contributed by atoms with van der Waals surface area (Å²) in [5.41, 5.74) is 1.27. The van der Waals surface area contributed by atoms with Gasteiger partial charge in [0.1, 0.15) is 11.6 Å². The van der Waals surface area contributed by atoms with Gasteiger partial charge in [0.15, 0.2) is 6.61 Å². The molecule has 1 N–H and O–H groups in total. The molecule has 1 aromatic heterocycles. The van der Waals surface area contributed by atoms with E-state index in [0.29, 0.717) is 34.0 Å². The number of para-hydroxylation sites is 1. The lowest BCUT2D eigenvalue weighted by Crippen LogP contribution is -2.36.